The normalized spacial score (nSPS) is 11.4. The second-order valence-electron chi connectivity index (χ2n) is 8.01. The molecule has 3 aromatic carbocycles. The molecule has 1 heterocycles. The Morgan fingerprint density at radius 3 is 2.46 bits per heavy atom. The van der Waals surface area contributed by atoms with Gasteiger partial charge in [-0.15, -0.1) is 0 Å². The van der Waals surface area contributed by atoms with Gasteiger partial charge in [-0.2, -0.15) is 0 Å². The van der Waals surface area contributed by atoms with Crippen LogP contribution in [-0.2, 0) is 16.4 Å². The first-order valence-electron chi connectivity index (χ1n) is 10.5. The van der Waals surface area contributed by atoms with E-state index in [1.54, 1.807) is 28.8 Å². The van der Waals surface area contributed by atoms with Crippen LogP contribution in [0.15, 0.2) is 77.7 Å². The monoisotopic (exact) mass is 497 g/mol. The van der Waals surface area contributed by atoms with Gasteiger partial charge in [0, 0.05) is 34.8 Å². The van der Waals surface area contributed by atoms with Crippen LogP contribution < -0.4 is 4.74 Å². The highest BCUT2D eigenvalue weighted by molar-refractivity contribution is 7.90. The summed E-state index contributed by atoms with van der Waals surface area (Å²) in [6.07, 6.45) is 1.08. The smallest absolute Gasteiger partial charge is 0.335 e. The molecule has 0 atom stereocenters. The van der Waals surface area contributed by atoms with Crippen molar-refractivity contribution in [3.63, 3.8) is 0 Å². The number of ether oxygens (including phenoxy) is 1. The minimum absolute atomic E-state index is 0.0532. The van der Waals surface area contributed by atoms with Crippen LogP contribution in [0.4, 0.5) is 8.78 Å². The van der Waals surface area contributed by atoms with Gasteiger partial charge in [0.1, 0.15) is 24.0 Å². The molecule has 6 nitrogen and oxygen atoms in total. The number of carbonyl (C=O) groups is 1. The van der Waals surface area contributed by atoms with Gasteiger partial charge in [0.15, 0.2) is 9.84 Å². The Kier molecular flexibility index (Phi) is 6.45. The van der Waals surface area contributed by atoms with Crippen molar-refractivity contribution in [2.45, 2.75) is 18.4 Å². The Morgan fingerprint density at radius 1 is 1.00 bits per heavy atom. The molecule has 9 heteroatoms. The standard InChI is InChI=1S/C26H21F2NO5S/c1-16-6-10-24(29(16)20-5-3-4-17(12-20)26(30)31)22-14-21(35(2,32)33)9-11-25(22)34-15-18-7-8-19(27)13-23(18)28/h3-14H,15H2,1-2H3,(H,30,31). The summed E-state index contributed by atoms with van der Waals surface area (Å²) < 4.78 is 59.6. The number of sulfone groups is 1. The lowest BCUT2D eigenvalue weighted by atomic mass is 10.1. The highest BCUT2D eigenvalue weighted by atomic mass is 32.2. The van der Waals surface area contributed by atoms with Gasteiger partial charge in [-0.05, 0) is 67.6 Å². The molecule has 0 saturated carbocycles. The first kappa shape index (κ1) is 24.2. The third-order valence-electron chi connectivity index (χ3n) is 5.48. The molecule has 180 valence electrons. The van der Waals surface area contributed by atoms with E-state index < -0.39 is 27.4 Å². The first-order valence-corrected chi connectivity index (χ1v) is 12.4. The molecule has 0 radical (unpaired) electrons. The molecule has 1 aromatic heterocycles. The molecule has 1 N–H and O–H groups in total. The number of aromatic carboxylic acids is 1. The van der Waals surface area contributed by atoms with Gasteiger partial charge < -0.3 is 14.4 Å². The molecule has 0 aliphatic rings. The molecule has 0 bridgehead atoms. The number of nitrogens with zero attached hydrogens (tertiary/aromatic N) is 1. The number of rotatable bonds is 7. The van der Waals surface area contributed by atoms with E-state index in [9.17, 15) is 27.1 Å². The van der Waals surface area contributed by atoms with E-state index in [-0.39, 0.29) is 28.4 Å². The van der Waals surface area contributed by atoms with Crippen molar-refractivity contribution in [3.8, 4) is 22.7 Å². The summed E-state index contributed by atoms with van der Waals surface area (Å²) in [7, 11) is -3.56. The van der Waals surface area contributed by atoms with Gasteiger partial charge in [-0.3, -0.25) is 0 Å². The predicted octanol–water partition coefficient (Wildman–Crippen LogP) is 5.41. The lowest BCUT2D eigenvalue weighted by Gasteiger charge is -2.17. The summed E-state index contributed by atoms with van der Waals surface area (Å²) in [5, 5.41) is 9.40. The average Bonchev–Trinajstić information content (AvgIpc) is 3.19. The van der Waals surface area contributed by atoms with Gasteiger partial charge >= 0.3 is 5.97 Å². The summed E-state index contributed by atoms with van der Waals surface area (Å²) in [5.41, 5.74) is 2.50. The van der Waals surface area contributed by atoms with E-state index in [4.69, 9.17) is 4.74 Å². The van der Waals surface area contributed by atoms with E-state index in [0.29, 0.717) is 16.9 Å². The number of aryl methyl sites for hydroxylation is 1. The molecule has 0 aliphatic heterocycles. The number of benzene rings is 3. The minimum Gasteiger partial charge on any atom is -0.488 e. The van der Waals surface area contributed by atoms with Crippen molar-refractivity contribution >= 4 is 15.8 Å². The fourth-order valence-electron chi connectivity index (χ4n) is 3.73. The van der Waals surface area contributed by atoms with Crippen molar-refractivity contribution in [1.29, 1.82) is 0 Å². The Labute approximate surface area is 201 Å². The van der Waals surface area contributed by atoms with Gasteiger partial charge in [-0.1, -0.05) is 6.07 Å². The van der Waals surface area contributed by atoms with E-state index in [2.05, 4.69) is 0 Å². The molecule has 0 unspecified atom stereocenters. The first-order chi connectivity index (χ1) is 16.5. The van der Waals surface area contributed by atoms with Crippen molar-refractivity contribution in [2.75, 3.05) is 6.26 Å². The Morgan fingerprint density at radius 2 is 1.77 bits per heavy atom. The lowest BCUT2D eigenvalue weighted by molar-refractivity contribution is 0.0697. The number of halogens is 2. The fraction of sp³-hybridized carbons (Fsp3) is 0.115. The second-order valence-corrected chi connectivity index (χ2v) is 10.0. The summed E-state index contributed by atoms with van der Waals surface area (Å²) >= 11 is 0. The van der Waals surface area contributed by atoms with Crippen molar-refractivity contribution in [2.24, 2.45) is 0 Å². The largest absolute Gasteiger partial charge is 0.488 e. The van der Waals surface area contributed by atoms with Gasteiger partial charge in [0.2, 0.25) is 0 Å². The van der Waals surface area contributed by atoms with Crippen LogP contribution in [0.5, 0.6) is 5.75 Å². The molecule has 0 fully saturated rings. The fourth-order valence-corrected chi connectivity index (χ4v) is 4.38. The van der Waals surface area contributed by atoms with E-state index in [1.165, 1.54) is 36.4 Å². The highest BCUT2D eigenvalue weighted by Gasteiger charge is 2.19. The Bertz CT molecular complexity index is 1540. The second kappa shape index (κ2) is 9.34. The summed E-state index contributed by atoms with van der Waals surface area (Å²) in [6.45, 7) is 1.61. The van der Waals surface area contributed by atoms with Crippen LogP contribution in [0, 0.1) is 18.6 Å². The van der Waals surface area contributed by atoms with Crippen LogP contribution >= 0.6 is 0 Å². The Balaban J connectivity index is 1.84. The zero-order valence-corrected chi connectivity index (χ0v) is 19.6. The van der Waals surface area contributed by atoms with Crippen molar-refractivity contribution < 1.29 is 31.8 Å². The number of aromatic nitrogens is 1. The zero-order chi connectivity index (χ0) is 25.3. The van der Waals surface area contributed by atoms with E-state index >= 15 is 0 Å². The van der Waals surface area contributed by atoms with Crippen LogP contribution in [0.1, 0.15) is 21.6 Å². The summed E-state index contributed by atoms with van der Waals surface area (Å²) in [6, 6.07) is 17.4. The van der Waals surface area contributed by atoms with Gasteiger partial charge in [0.25, 0.3) is 0 Å². The molecule has 0 saturated heterocycles. The third kappa shape index (κ3) is 5.09. The molecule has 0 spiro atoms. The summed E-state index contributed by atoms with van der Waals surface area (Å²) in [4.78, 5) is 11.5. The quantitative estimate of drug-likeness (QED) is 0.369. The van der Waals surface area contributed by atoms with E-state index in [0.717, 1.165) is 24.1 Å². The maximum atomic E-state index is 14.1. The maximum Gasteiger partial charge on any atom is 0.335 e. The summed E-state index contributed by atoms with van der Waals surface area (Å²) in [5.74, 6) is -2.28. The van der Waals surface area contributed by atoms with Crippen LogP contribution in [-0.4, -0.2) is 30.3 Å². The molecule has 4 rings (SSSR count). The molecule has 4 aromatic rings. The number of hydrogen-bond donors (Lipinski definition) is 1. The number of carboxylic acids is 1. The minimum atomic E-state index is -3.56. The van der Waals surface area contributed by atoms with Crippen LogP contribution in [0.3, 0.4) is 0 Å². The predicted molar refractivity (Wildman–Crippen MR) is 127 cm³/mol. The lowest BCUT2D eigenvalue weighted by Crippen LogP contribution is -2.05. The number of hydrogen-bond acceptors (Lipinski definition) is 4. The van der Waals surface area contributed by atoms with Gasteiger partial charge in [0.05, 0.1) is 16.2 Å². The van der Waals surface area contributed by atoms with E-state index in [1.807, 2.05) is 6.92 Å². The topological polar surface area (TPSA) is 85.6 Å². The van der Waals surface area contributed by atoms with Crippen molar-refractivity contribution in [1.82, 2.24) is 4.57 Å². The highest BCUT2D eigenvalue weighted by Crippen LogP contribution is 2.36. The van der Waals surface area contributed by atoms with Crippen LogP contribution in [0.25, 0.3) is 16.9 Å². The number of carboxylic acid groups (broad SMARTS) is 1. The zero-order valence-electron chi connectivity index (χ0n) is 18.8. The molecule has 0 aliphatic carbocycles. The molecular formula is C26H21F2NO5S. The van der Waals surface area contributed by atoms with Gasteiger partial charge in [-0.25, -0.2) is 22.0 Å². The Hall–Kier alpha value is -3.98. The molecular weight excluding hydrogens is 476 g/mol. The van der Waals surface area contributed by atoms with Crippen molar-refractivity contribution in [3.05, 3.63) is 101 Å². The van der Waals surface area contributed by atoms with Crippen LogP contribution in [0.2, 0.25) is 0 Å². The average molecular weight is 498 g/mol. The molecule has 35 heavy (non-hydrogen) atoms. The third-order valence-corrected chi connectivity index (χ3v) is 6.59. The molecule has 0 amide bonds. The maximum absolute atomic E-state index is 14.1. The SMILES string of the molecule is Cc1ccc(-c2cc(S(C)(=O)=O)ccc2OCc2ccc(F)cc2F)n1-c1cccc(C(=O)O)c1.